The summed E-state index contributed by atoms with van der Waals surface area (Å²) in [6.45, 7) is 3.87. The molecule has 0 saturated heterocycles. The molecule has 0 bridgehead atoms. The van der Waals surface area contributed by atoms with Gasteiger partial charge in [-0.05, 0) is 50.2 Å². The zero-order valence-corrected chi connectivity index (χ0v) is 14.4. The maximum absolute atomic E-state index is 12.3. The van der Waals surface area contributed by atoms with Crippen molar-refractivity contribution in [3.8, 4) is 17.2 Å². The fourth-order valence-corrected chi connectivity index (χ4v) is 2.36. The summed E-state index contributed by atoms with van der Waals surface area (Å²) in [5.41, 5.74) is 1.06. The van der Waals surface area contributed by atoms with Crippen molar-refractivity contribution in [2.24, 2.45) is 0 Å². The Labute approximate surface area is 149 Å². The average Bonchev–Trinajstić information content (AvgIpc) is 3.03. The summed E-state index contributed by atoms with van der Waals surface area (Å²) in [7, 11) is 0. The molecule has 1 amide bonds. The van der Waals surface area contributed by atoms with E-state index in [0.29, 0.717) is 21.9 Å². The number of carbonyl (C=O) groups excluding carboxylic acids is 1. The number of amides is 1. The third-order valence-corrected chi connectivity index (χ3v) is 3.57. The van der Waals surface area contributed by atoms with E-state index < -0.39 is 0 Å². The van der Waals surface area contributed by atoms with Gasteiger partial charge in [-0.25, -0.2) is 0 Å². The van der Waals surface area contributed by atoms with Gasteiger partial charge in [-0.15, -0.1) is 5.10 Å². The monoisotopic (exact) mass is 357 g/mol. The highest BCUT2D eigenvalue weighted by molar-refractivity contribution is 6.33. The summed E-state index contributed by atoms with van der Waals surface area (Å²) >= 11 is 6.09. The van der Waals surface area contributed by atoms with Crippen molar-refractivity contribution < 1.29 is 13.9 Å². The van der Waals surface area contributed by atoms with Crippen molar-refractivity contribution in [3.05, 3.63) is 59.1 Å². The molecule has 0 atom stereocenters. The predicted molar refractivity (Wildman–Crippen MR) is 94.9 cm³/mol. The Kier molecular flexibility index (Phi) is 5.00. The molecule has 7 heteroatoms. The van der Waals surface area contributed by atoms with Crippen LogP contribution in [0.25, 0.3) is 11.5 Å². The summed E-state index contributed by atoms with van der Waals surface area (Å²) < 4.78 is 11.0. The van der Waals surface area contributed by atoms with E-state index in [0.717, 1.165) is 0 Å². The molecule has 0 aliphatic rings. The molecule has 1 aromatic heterocycles. The standard InChI is InChI=1S/C18H16ClN3O3/c1-11(2)24-13-9-7-12(8-10-13)16(23)20-18-22-21-17(25-18)14-5-3-4-6-15(14)19/h3-11H,1-2H3,(H,20,22,23). The normalized spacial score (nSPS) is 10.7. The molecule has 0 aliphatic heterocycles. The first-order valence-corrected chi connectivity index (χ1v) is 8.07. The van der Waals surface area contributed by atoms with Crippen molar-refractivity contribution >= 4 is 23.5 Å². The van der Waals surface area contributed by atoms with Gasteiger partial charge in [-0.3, -0.25) is 10.1 Å². The van der Waals surface area contributed by atoms with Gasteiger partial charge < -0.3 is 9.15 Å². The zero-order valence-electron chi connectivity index (χ0n) is 13.7. The van der Waals surface area contributed by atoms with E-state index in [1.165, 1.54) is 0 Å². The third-order valence-electron chi connectivity index (χ3n) is 3.24. The molecule has 2 aromatic carbocycles. The number of carbonyl (C=O) groups is 1. The fourth-order valence-electron chi connectivity index (χ4n) is 2.14. The number of ether oxygens (including phenoxy) is 1. The lowest BCUT2D eigenvalue weighted by Gasteiger charge is -2.09. The van der Waals surface area contributed by atoms with Crippen LogP contribution in [-0.4, -0.2) is 22.2 Å². The predicted octanol–water partition coefficient (Wildman–Crippen LogP) is 4.43. The molecule has 0 saturated carbocycles. The van der Waals surface area contributed by atoms with Crippen molar-refractivity contribution in [1.82, 2.24) is 10.2 Å². The number of halogens is 1. The molecular formula is C18H16ClN3O3. The number of nitrogens with zero attached hydrogens (tertiary/aromatic N) is 2. The number of aromatic nitrogens is 2. The molecule has 3 rings (SSSR count). The molecule has 3 aromatic rings. The minimum Gasteiger partial charge on any atom is -0.491 e. The number of anilines is 1. The lowest BCUT2D eigenvalue weighted by Crippen LogP contribution is -2.12. The minimum atomic E-state index is -0.356. The van der Waals surface area contributed by atoms with Gasteiger partial charge in [0.05, 0.1) is 16.7 Å². The SMILES string of the molecule is CC(C)Oc1ccc(C(=O)Nc2nnc(-c3ccccc3Cl)o2)cc1. The third kappa shape index (κ3) is 4.16. The number of benzene rings is 2. The van der Waals surface area contributed by atoms with Crippen LogP contribution in [0.5, 0.6) is 5.75 Å². The van der Waals surface area contributed by atoms with E-state index in [1.807, 2.05) is 19.9 Å². The van der Waals surface area contributed by atoms with Crippen LogP contribution in [0.15, 0.2) is 52.9 Å². The summed E-state index contributed by atoms with van der Waals surface area (Å²) in [6, 6.07) is 13.9. The molecule has 25 heavy (non-hydrogen) atoms. The van der Waals surface area contributed by atoms with Gasteiger partial charge in [0.1, 0.15) is 5.75 Å². The molecule has 0 aliphatic carbocycles. The van der Waals surface area contributed by atoms with Crippen molar-refractivity contribution in [3.63, 3.8) is 0 Å². The smallest absolute Gasteiger partial charge is 0.322 e. The largest absolute Gasteiger partial charge is 0.491 e. The molecule has 0 spiro atoms. The van der Waals surface area contributed by atoms with E-state index in [1.54, 1.807) is 42.5 Å². The topological polar surface area (TPSA) is 77.2 Å². The van der Waals surface area contributed by atoms with E-state index in [-0.39, 0.29) is 23.9 Å². The lowest BCUT2D eigenvalue weighted by atomic mass is 10.2. The van der Waals surface area contributed by atoms with Crippen LogP contribution in [0.4, 0.5) is 6.01 Å². The van der Waals surface area contributed by atoms with Gasteiger partial charge in [0.25, 0.3) is 11.8 Å². The highest BCUT2D eigenvalue weighted by atomic mass is 35.5. The van der Waals surface area contributed by atoms with E-state index in [9.17, 15) is 4.79 Å². The van der Waals surface area contributed by atoms with Crippen LogP contribution in [0.1, 0.15) is 24.2 Å². The van der Waals surface area contributed by atoms with Gasteiger partial charge in [-0.1, -0.05) is 28.8 Å². The van der Waals surface area contributed by atoms with Crippen LogP contribution in [0.3, 0.4) is 0 Å². The molecule has 0 radical (unpaired) electrons. The molecule has 128 valence electrons. The molecule has 6 nitrogen and oxygen atoms in total. The van der Waals surface area contributed by atoms with E-state index >= 15 is 0 Å². The van der Waals surface area contributed by atoms with Gasteiger partial charge in [0, 0.05) is 5.56 Å². The summed E-state index contributed by atoms with van der Waals surface area (Å²) in [5, 5.41) is 10.8. The quantitative estimate of drug-likeness (QED) is 0.730. The Hall–Kier alpha value is -2.86. The lowest BCUT2D eigenvalue weighted by molar-refractivity contribution is 0.102. The van der Waals surface area contributed by atoms with Crippen LogP contribution in [0.2, 0.25) is 5.02 Å². The first-order chi connectivity index (χ1) is 12.0. The number of hydrogen-bond donors (Lipinski definition) is 1. The van der Waals surface area contributed by atoms with E-state index in [2.05, 4.69) is 15.5 Å². The second-order valence-corrected chi connectivity index (χ2v) is 5.94. The Balaban J connectivity index is 1.70. The minimum absolute atomic E-state index is 0.00225. The molecular weight excluding hydrogens is 342 g/mol. The fraction of sp³-hybridized carbons (Fsp3) is 0.167. The van der Waals surface area contributed by atoms with Crippen LogP contribution >= 0.6 is 11.6 Å². The Morgan fingerprint density at radius 2 is 1.84 bits per heavy atom. The van der Waals surface area contributed by atoms with Crippen LogP contribution < -0.4 is 10.1 Å². The first-order valence-electron chi connectivity index (χ1n) is 7.69. The van der Waals surface area contributed by atoms with Crippen molar-refractivity contribution in [1.29, 1.82) is 0 Å². The molecule has 0 unspecified atom stereocenters. The molecule has 1 N–H and O–H groups in total. The van der Waals surface area contributed by atoms with Crippen LogP contribution in [-0.2, 0) is 0 Å². The van der Waals surface area contributed by atoms with Gasteiger partial charge in [0.15, 0.2) is 0 Å². The van der Waals surface area contributed by atoms with Gasteiger partial charge in [-0.2, -0.15) is 0 Å². The number of rotatable bonds is 5. The second-order valence-electron chi connectivity index (χ2n) is 5.54. The zero-order chi connectivity index (χ0) is 17.8. The van der Waals surface area contributed by atoms with Gasteiger partial charge >= 0.3 is 6.01 Å². The van der Waals surface area contributed by atoms with E-state index in [4.69, 9.17) is 20.8 Å². The maximum Gasteiger partial charge on any atom is 0.322 e. The summed E-state index contributed by atoms with van der Waals surface area (Å²) in [4.78, 5) is 12.3. The summed E-state index contributed by atoms with van der Waals surface area (Å²) in [5.74, 6) is 0.581. The Morgan fingerprint density at radius 1 is 1.12 bits per heavy atom. The van der Waals surface area contributed by atoms with Crippen LogP contribution in [0, 0.1) is 0 Å². The maximum atomic E-state index is 12.3. The average molecular weight is 358 g/mol. The Bertz CT molecular complexity index is 875. The molecule has 1 heterocycles. The Morgan fingerprint density at radius 3 is 2.52 bits per heavy atom. The van der Waals surface area contributed by atoms with Crippen molar-refractivity contribution in [2.45, 2.75) is 20.0 Å². The highest BCUT2D eigenvalue weighted by Crippen LogP contribution is 2.27. The number of nitrogens with one attached hydrogen (secondary N) is 1. The second kappa shape index (κ2) is 7.36. The first kappa shape index (κ1) is 17.0. The number of hydrogen-bond acceptors (Lipinski definition) is 5. The molecule has 0 fully saturated rings. The highest BCUT2D eigenvalue weighted by Gasteiger charge is 2.14. The summed E-state index contributed by atoms with van der Waals surface area (Å²) in [6.07, 6.45) is 0.0706. The van der Waals surface area contributed by atoms with Gasteiger partial charge in [0.2, 0.25) is 0 Å². The van der Waals surface area contributed by atoms with Crippen molar-refractivity contribution in [2.75, 3.05) is 5.32 Å².